The van der Waals surface area contributed by atoms with E-state index in [1.54, 1.807) is 0 Å². The van der Waals surface area contributed by atoms with Gasteiger partial charge in [0.15, 0.2) is 11.3 Å². The molecule has 1 aliphatic carbocycles. The lowest BCUT2D eigenvalue weighted by atomic mass is 9.84. The molecule has 1 heterocycles. The van der Waals surface area contributed by atoms with Crippen LogP contribution in [0.15, 0.2) is 24.4 Å². The zero-order valence-electron chi connectivity index (χ0n) is 15.9. The average Bonchev–Trinajstić information content (AvgIpc) is 2.71. The minimum atomic E-state index is -5.00. The van der Waals surface area contributed by atoms with E-state index < -0.39 is 40.9 Å². The molecule has 1 aliphatic rings. The number of carbonyl (C=O) groups is 2. The molecular formula is C19H17Cl2F3N4O3. The molecule has 0 radical (unpaired) electrons. The van der Waals surface area contributed by atoms with Gasteiger partial charge < -0.3 is 15.8 Å². The number of carbonyl (C=O) groups excluding carboxylic acids is 2. The maximum atomic E-state index is 13.6. The molecule has 3 rings (SSSR count). The number of rotatable bonds is 5. The Morgan fingerprint density at radius 3 is 2.45 bits per heavy atom. The highest BCUT2D eigenvalue weighted by Gasteiger charge is 2.44. The van der Waals surface area contributed by atoms with E-state index in [0.29, 0.717) is 19.0 Å². The fourth-order valence-electron chi connectivity index (χ4n) is 3.28. The highest BCUT2D eigenvalue weighted by atomic mass is 35.5. The number of hydrogen-bond acceptors (Lipinski definition) is 6. The van der Waals surface area contributed by atoms with Gasteiger partial charge in [-0.25, -0.2) is 14.8 Å². The molecule has 12 heteroatoms. The van der Waals surface area contributed by atoms with E-state index in [-0.39, 0.29) is 28.6 Å². The first-order chi connectivity index (χ1) is 14.5. The molecule has 1 saturated carbocycles. The highest BCUT2D eigenvalue weighted by Crippen LogP contribution is 2.36. The first-order valence-corrected chi connectivity index (χ1v) is 9.97. The average molecular weight is 477 g/mol. The Kier molecular flexibility index (Phi) is 6.61. The topological polar surface area (TPSA) is 107 Å². The second-order valence-electron chi connectivity index (χ2n) is 6.99. The zero-order chi connectivity index (χ0) is 22.8. The number of aromatic nitrogens is 2. The molecule has 1 aromatic carbocycles. The van der Waals surface area contributed by atoms with E-state index in [9.17, 15) is 22.8 Å². The molecule has 0 atom stereocenters. The number of primary amides is 1. The number of nitrogens with zero attached hydrogens (tertiary/aromatic N) is 2. The lowest BCUT2D eigenvalue weighted by Crippen LogP contribution is -2.49. The Bertz CT molecular complexity index is 1010. The van der Waals surface area contributed by atoms with E-state index in [2.05, 4.69) is 15.3 Å². The second-order valence-corrected chi connectivity index (χ2v) is 7.77. The summed E-state index contributed by atoms with van der Waals surface area (Å²) in [4.78, 5) is 31.7. The van der Waals surface area contributed by atoms with Crippen LogP contribution in [0.5, 0.6) is 0 Å². The van der Waals surface area contributed by atoms with Crippen LogP contribution < -0.4 is 11.1 Å². The van der Waals surface area contributed by atoms with E-state index in [1.807, 2.05) is 0 Å². The van der Waals surface area contributed by atoms with Crippen molar-refractivity contribution in [1.82, 2.24) is 9.97 Å². The smallest absolute Gasteiger partial charge is 0.434 e. The predicted octanol–water partition coefficient (Wildman–Crippen LogP) is 4.89. The van der Waals surface area contributed by atoms with E-state index >= 15 is 0 Å². The molecule has 31 heavy (non-hydrogen) atoms. The molecule has 0 spiro atoms. The second kappa shape index (κ2) is 8.88. The SMILES string of the molecule is NC(=O)C1(OC(=O)c2cnc(Nc3cccc(Cl)c3Cl)nc2C(F)(F)F)CCCCC1. The Labute approximate surface area is 185 Å². The molecule has 0 aliphatic heterocycles. The lowest BCUT2D eigenvalue weighted by molar-refractivity contribution is -0.143. The van der Waals surface area contributed by atoms with Gasteiger partial charge in [-0.05, 0) is 37.8 Å². The summed E-state index contributed by atoms with van der Waals surface area (Å²) in [5, 5.41) is 2.77. The van der Waals surface area contributed by atoms with Crippen molar-refractivity contribution in [2.24, 2.45) is 5.73 Å². The van der Waals surface area contributed by atoms with Crippen LogP contribution in [0.4, 0.5) is 24.8 Å². The Morgan fingerprint density at radius 1 is 1.16 bits per heavy atom. The number of nitrogens with two attached hydrogens (primary N) is 1. The van der Waals surface area contributed by atoms with Crippen molar-refractivity contribution in [2.45, 2.75) is 43.9 Å². The first kappa shape index (κ1) is 23.1. The largest absolute Gasteiger partial charge is 0.445 e. The van der Waals surface area contributed by atoms with Crippen LogP contribution >= 0.6 is 23.2 Å². The Balaban J connectivity index is 1.94. The number of benzene rings is 1. The van der Waals surface area contributed by atoms with Gasteiger partial charge in [-0.2, -0.15) is 13.2 Å². The monoisotopic (exact) mass is 476 g/mol. The van der Waals surface area contributed by atoms with Gasteiger partial charge in [0.05, 0.1) is 15.7 Å². The number of nitrogens with one attached hydrogen (secondary N) is 1. The summed E-state index contributed by atoms with van der Waals surface area (Å²) >= 11 is 11.9. The van der Waals surface area contributed by atoms with Gasteiger partial charge >= 0.3 is 12.1 Å². The number of anilines is 2. The predicted molar refractivity (Wildman–Crippen MR) is 107 cm³/mol. The van der Waals surface area contributed by atoms with Crippen molar-refractivity contribution in [3.05, 3.63) is 45.7 Å². The van der Waals surface area contributed by atoms with E-state index in [1.165, 1.54) is 18.2 Å². The quantitative estimate of drug-likeness (QED) is 0.594. The van der Waals surface area contributed by atoms with Crippen LogP contribution in [0.1, 0.15) is 48.2 Å². The molecule has 1 fully saturated rings. The van der Waals surface area contributed by atoms with Gasteiger partial charge in [-0.3, -0.25) is 4.79 Å². The van der Waals surface area contributed by atoms with E-state index in [4.69, 9.17) is 33.7 Å². The number of hydrogen-bond donors (Lipinski definition) is 2. The normalized spacial score (nSPS) is 15.9. The minimum Gasteiger partial charge on any atom is -0.445 e. The van der Waals surface area contributed by atoms with Crippen molar-refractivity contribution < 1.29 is 27.5 Å². The molecule has 0 unspecified atom stereocenters. The highest BCUT2D eigenvalue weighted by molar-refractivity contribution is 6.43. The molecule has 2 aromatic rings. The van der Waals surface area contributed by atoms with Gasteiger partial charge in [0, 0.05) is 6.20 Å². The fourth-order valence-corrected chi connectivity index (χ4v) is 3.63. The molecule has 7 nitrogen and oxygen atoms in total. The molecule has 0 bridgehead atoms. The van der Waals surface area contributed by atoms with Crippen molar-refractivity contribution in [3.63, 3.8) is 0 Å². The summed E-state index contributed by atoms with van der Waals surface area (Å²) < 4.78 is 46.1. The van der Waals surface area contributed by atoms with Crippen LogP contribution in [0.25, 0.3) is 0 Å². The number of amides is 1. The maximum absolute atomic E-state index is 13.6. The van der Waals surface area contributed by atoms with Crippen molar-refractivity contribution >= 4 is 46.7 Å². The molecule has 166 valence electrons. The Hall–Kier alpha value is -2.59. The summed E-state index contributed by atoms with van der Waals surface area (Å²) in [6, 6.07) is 4.49. The summed E-state index contributed by atoms with van der Waals surface area (Å²) in [5.74, 6) is -2.74. The Morgan fingerprint density at radius 2 is 1.84 bits per heavy atom. The third kappa shape index (κ3) is 5.01. The van der Waals surface area contributed by atoms with Gasteiger partial charge in [-0.15, -0.1) is 0 Å². The summed E-state index contributed by atoms with van der Waals surface area (Å²) in [7, 11) is 0. The zero-order valence-corrected chi connectivity index (χ0v) is 17.4. The standard InChI is InChI=1S/C19H17Cl2F3N4O3/c20-11-5-4-6-12(13(11)21)27-17-26-9-10(14(28-17)19(22,23)24)15(29)31-18(16(25)30)7-2-1-3-8-18/h4-6,9H,1-3,7-8H2,(H2,25,30)(H,26,27,28). The van der Waals surface area contributed by atoms with Crippen LogP contribution in [0, 0.1) is 0 Å². The van der Waals surface area contributed by atoms with Crippen LogP contribution in [0.3, 0.4) is 0 Å². The van der Waals surface area contributed by atoms with Gasteiger partial charge in [-0.1, -0.05) is 35.7 Å². The van der Waals surface area contributed by atoms with Crippen LogP contribution in [-0.2, 0) is 15.7 Å². The third-order valence-electron chi connectivity index (χ3n) is 4.87. The van der Waals surface area contributed by atoms with Crippen LogP contribution in [0.2, 0.25) is 10.0 Å². The molecule has 0 saturated heterocycles. The number of ether oxygens (including phenoxy) is 1. The summed E-state index contributed by atoms with van der Waals surface area (Å²) in [5.41, 5.74) is 1.46. The number of esters is 1. The fraction of sp³-hybridized carbons (Fsp3) is 0.368. The van der Waals surface area contributed by atoms with E-state index in [0.717, 1.165) is 6.42 Å². The van der Waals surface area contributed by atoms with Crippen molar-refractivity contribution in [1.29, 1.82) is 0 Å². The van der Waals surface area contributed by atoms with Gasteiger partial charge in [0.1, 0.15) is 5.56 Å². The maximum Gasteiger partial charge on any atom is 0.434 e. The summed E-state index contributed by atoms with van der Waals surface area (Å²) in [6.07, 6.45) is -2.12. The molecule has 1 aromatic heterocycles. The number of alkyl halides is 3. The van der Waals surface area contributed by atoms with Crippen molar-refractivity contribution in [3.8, 4) is 0 Å². The summed E-state index contributed by atoms with van der Waals surface area (Å²) in [6.45, 7) is 0. The molecular weight excluding hydrogens is 460 g/mol. The molecule has 1 amide bonds. The van der Waals surface area contributed by atoms with Gasteiger partial charge in [0.25, 0.3) is 5.91 Å². The minimum absolute atomic E-state index is 0.0607. The van der Waals surface area contributed by atoms with Gasteiger partial charge in [0.2, 0.25) is 5.95 Å². The van der Waals surface area contributed by atoms with Crippen LogP contribution in [-0.4, -0.2) is 27.4 Å². The van der Waals surface area contributed by atoms with Crippen molar-refractivity contribution in [2.75, 3.05) is 5.32 Å². The number of halogens is 5. The molecule has 3 N–H and O–H groups in total. The lowest BCUT2D eigenvalue weighted by Gasteiger charge is -2.33. The first-order valence-electron chi connectivity index (χ1n) is 9.22. The third-order valence-corrected chi connectivity index (χ3v) is 5.69.